The molecule has 1 saturated heterocycles. The Morgan fingerprint density at radius 1 is 1.43 bits per heavy atom. The van der Waals surface area contributed by atoms with Gasteiger partial charge in [-0.3, -0.25) is 28.8 Å². The quantitative estimate of drug-likeness (QED) is 0.151. The lowest BCUT2D eigenvalue weighted by molar-refractivity contribution is -0.384. The van der Waals surface area contributed by atoms with Crippen LogP contribution >= 0.6 is 15.9 Å². The average molecular weight is 472 g/mol. The molecular formula is C16H14BrN3O7S. The van der Waals surface area contributed by atoms with Crippen LogP contribution in [0.2, 0.25) is 0 Å². The number of carbonyl (C=O) groups is 3. The summed E-state index contributed by atoms with van der Waals surface area (Å²) in [7, 11) is -1.47. The van der Waals surface area contributed by atoms with Crippen LogP contribution in [0.4, 0.5) is 5.69 Å². The van der Waals surface area contributed by atoms with E-state index in [2.05, 4.69) is 21.2 Å². The summed E-state index contributed by atoms with van der Waals surface area (Å²) in [4.78, 5) is 46.9. The van der Waals surface area contributed by atoms with Crippen LogP contribution in [-0.4, -0.2) is 54.8 Å². The molecule has 2 amide bonds. The summed E-state index contributed by atoms with van der Waals surface area (Å²) in [5.74, 6) is -1.24. The van der Waals surface area contributed by atoms with E-state index in [4.69, 9.17) is 4.74 Å². The van der Waals surface area contributed by atoms with Crippen LogP contribution in [-0.2, 0) is 36.5 Å². The molecule has 0 aliphatic carbocycles. The molecule has 12 heteroatoms. The number of hydrogen-bond acceptors (Lipinski definition) is 7. The van der Waals surface area contributed by atoms with E-state index >= 15 is 0 Å². The standard InChI is InChI=1S/C16H14BrN3O7S/c17-5-10-7-28(26)15-12(18-8-21)14(22)19(15)13(10)16(23)27-6-9-1-3-11(4-2-9)20(24)25/h1-4,8,12,15H,5-7H2,(H,18,21)/t12-,15-,28+/m1/s1. The molecular weight excluding hydrogens is 458 g/mol. The van der Waals surface area contributed by atoms with Gasteiger partial charge in [-0.15, -0.1) is 0 Å². The maximum atomic E-state index is 12.6. The van der Waals surface area contributed by atoms with Crippen molar-refractivity contribution in [2.75, 3.05) is 11.1 Å². The van der Waals surface area contributed by atoms with Crippen LogP contribution in [0.25, 0.3) is 0 Å². The van der Waals surface area contributed by atoms with Gasteiger partial charge in [-0.1, -0.05) is 15.9 Å². The first kappa shape index (κ1) is 20.1. The number of alkyl halides is 1. The molecule has 28 heavy (non-hydrogen) atoms. The first-order valence-corrected chi connectivity index (χ1v) is 10.5. The summed E-state index contributed by atoms with van der Waals surface area (Å²) in [6.07, 6.45) is 0.355. The number of ether oxygens (including phenoxy) is 1. The van der Waals surface area contributed by atoms with Gasteiger partial charge in [-0.2, -0.15) is 0 Å². The number of carbonyl (C=O) groups excluding carboxylic acids is 3. The second kappa shape index (κ2) is 8.19. The highest BCUT2D eigenvalue weighted by Gasteiger charge is 2.56. The monoisotopic (exact) mass is 471 g/mol. The van der Waals surface area contributed by atoms with Gasteiger partial charge in [0.1, 0.15) is 23.7 Å². The lowest BCUT2D eigenvalue weighted by atomic mass is 10.0. The van der Waals surface area contributed by atoms with E-state index in [9.17, 15) is 28.7 Å². The van der Waals surface area contributed by atoms with Crippen LogP contribution in [0.15, 0.2) is 35.5 Å². The number of non-ortho nitro benzene ring substituents is 1. The van der Waals surface area contributed by atoms with Crippen LogP contribution in [0, 0.1) is 10.1 Å². The number of esters is 1. The minimum atomic E-state index is -1.47. The van der Waals surface area contributed by atoms with E-state index < -0.39 is 39.0 Å². The highest BCUT2D eigenvalue weighted by Crippen LogP contribution is 2.35. The average Bonchev–Trinajstić information content (AvgIpc) is 2.69. The summed E-state index contributed by atoms with van der Waals surface area (Å²) < 4.78 is 17.7. The molecule has 1 N–H and O–H groups in total. The van der Waals surface area contributed by atoms with Gasteiger partial charge in [0.2, 0.25) is 6.41 Å². The van der Waals surface area contributed by atoms with Gasteiger partial charge < -0.3 is 10.1 Å². The minimum Gasteiger partial charge on any atom is -0.456 e. The number of fused-ring (bicyclic) bond motifs is 1. The first-order chi connectivity index (χ1) is 13.4. The number of rotatable bonds is 7. The lowest BCUT2D eigenvalue weighted by Gasteiger charge is -2.48. The number of amides is 2. The second-order valence-corrected chi connectivity index (χ2v) is 8.07. The molecule has 2 aliphatic heterocycles. The Hall–Kier alpha value is -2.60. The fraction of sp³-hybridized carbons (Fsp3) is 0.312. The Bertz CT molecular complexity index is 902. The SMILES string of the molecule is O=CN[C@@H]1C(=O)N2C(C(=O)OCc3ccc([N+](=O)[O-])cc3)=C(CBr)C[S@](=O)[C@H]12. The van der Waals surface area contributed by atoms with E-state index in [0.29, 0.717) is 17.5 Å². The molecule has 0 bridgehead atoms. The number of halogens is 1. The van der Waals surface area contributed by atoms with Gasteiger partial charge >= 0.3 is 5.97 Å². The molecule has 2 aliphatic rings. The van der Waals surface area contributed by atoms with Crippen LogP contribution in [0.5, 0.6) is 0 Å². The molecule has 10 nitrogen and oxygen atoms in total. The van der Waals surface area contributed by atoms with Crippen molar-refractivity contribution >= 4 is 50.7 Å². The van der Waals surface area contributed by atoms with Crippen molar-refractivity contribution < 1.29 is 28.3 Å². The molecule has 0 saturated carbocycles. The molecule has 2 heterocycles. The third-order valence-corrected chi connectivity index (χ3v) is 6.66. The van der Waals surface area contributed by atoms with E-state index in [-0.39, 0.29) is 29.1 Å². The summed E-state index contributed by atoms with van der Waals surface area (Å²) in [6.45, 7) is -0.151. The van der Waals surface area contributed by atoms with Gasteiger partial charge in [0.15, 0.2) is 0 Å². The van der Waals surface area contributed by atoms with Gasteiger partial charge in [0, 0.05) is 17.5 Å². The molecule has 1 fully saturated rings. The predicted octanol–water partition coefficient (Wildman–Crippen LogP) is 0.332. The van der Waals surface area contributed by atoms with Crippen molar-refractivity contribution in [3.05, 3.63) is 51.2 Å². The third-order valence-electron chi connectivity index (χ3n) is 4.32. The Labute approximate surface area is 169 Å². The first-order valence-electron chi connectivity index (χ1n) is 7.97. The predicted molar refractivity (Wildman–Crippen MR) is 100 cm³/mol. The Morgan fingerprint density at radius 3 is 2.68 bits per heavy atom. The minimum absolute atomic E-state index is 0.0114. The summed E-state index contributed by atoms with van der Waals surface area (Å²) in [6, 6.07) is 4.57. The summed E-state index contributed by atoms with van der Waals surface area (Å²) in [5.41, 5.74) is 0.918. The maximum Gasteiger partial charge on any atom is 0.355 e. The molecule has 1 aromatic rings. The van der Waals surface area contributed by atoms with Crippen molar-refractivity contribution in [2.24, 2.45) is 0 Å². The normalized spacial score (nSPS) is 23.5. The smallest absolute Gasteiger partial charge is 0.355 e. The number of benzene rings is 1. The Kier molecular flexibility index (Phi) is 5.89. The number of nitro benzene ring substituents is 1. The highest BCUT2D eigenvalue weighted by atomic mass is 79.9. The fourth-order valence-electron chi connectivity index (χ4n) is 2.97. The molecule has 0 unspecified atom stereocenters. The van der Waals surface area contributed by atoms with Crippen molar-refractivity contribution in [1.29, 1.82) is 0 Å². The summed E-state index contributed by atoms with van der Waals surface area (Å²) >= 11 is 3.23. The van der Waals surface area contributed by atoms with Crippen molar-refractivity contribution in [3.63, 3.8) is 0 Å². The van der Waals surface area contributed by atoms with Gasteiger partial charge in [0.25, 0.3) is 11.6 Å². The zero-order valence-corrected chi connectivity index (χ0v) is 16.6. The molecule has 0 radical (unpaired) electrons. The fourth-order valence-corrected chi connectivity index (χ4v) is 5.39. The van der Waals surface area contributed by atoms with Crippen LogP contribution < -0.4 is 5.32 Å². The molecule has 148 valence electrons. The van der Waals surface area contributed by atoms with Crippen molar-refractivity contribution in [1.82, 2.24) is 10.2 Å². The van der Waals surface area contributed by atoms with E-state index in [0.717, 1.165) is 4.90 Å². The topological polar surface area (TPSA) is 136 Å². The van der Waals surface area contributed by atoms with Crippen LogP contribution in [0.1, 0.15) is 5.56 Å². The Balaban J connectivity index is 1.77. The largest absolute Gasteiger partial charge is 0.456 e. The van der Waals surface area contributed by atoms with Gasteiger partial charge in [0.05, 0.1) is 21.5 Å². The molecule has 1 aromatic carbocycles. The Morgan fingerprint density at radius 2 is 2.11 bits per heavy atom. The second-order valence-electron chi connectivity index (χ2n) is 5.97. The highest BCUT2D eigenvalue weighted by molar-refractivity contribution is 9.09. The molecule has 3 atom stereocenters. The summed E-state index contributed by atoms with van der Waals surface area (Å²) in [5, 5.41) is 12.4. The zero-order chi connectivity index (χ0) is 20.4. The van der Waals surface area contributed by atoms with Gasteiger partial charge in [-0.25, -0.2) is 4.79 Å². The van der Waals surface area contributed by atoms with E-state index in [1.54, 1.807) is 0 Å². The number of hydrogen-bond donors (Lipinski definition) is 1. The zero-order valence-electron chi connectivity index (χ0n) is 14.2. The number of nitrogens with one attached hydrogen (secondary N) is 1. The lowest BCUT2D eigenvalue weighted by Crippen LogP contribution is -2.72. The third kappa shape index (κ3) is 3.56. The van der Waals surface area contributed by atoms with Crippen molar-refractivity contribution in [2.45, 2.75) is 18.0 Å². The molecule has 3 rings (SSSR count). The van der Waals surface area contributed by atoms with E-state index in [1.165, 1.54) is 24.3 Å². The number of nitrogens with zero attached hydrogens (tertiary/aromatic N) is 2. The van der Waals surface area contributed by atoms with Crippen LogP contribution in [0.3, 0.4) is 0 Å². The molecule has 0 aromatic heterocycles. The van der Waals surface area contributed by atoms with Gasteiger partial charge in [-0.05, 0) is 23.3 Å². The van der Waals surface area contributed by atoms with E-state index in [1.807, 2.05) is 0 Å². The number of β-lactam (4-membered cyclic amide) rings is 1. The number of nitro groups is 1. The maximum absolute atomic E-state index is 12.6. The van der Waals surface area contributed by atoms with Crippen molar-refractivity contribution in [3.8, 4) is 0 Å². The molecule has 0 spiro atoms.